The molecular weight excluding hydrogens is 232 g/mol. The van der Waals surface area contributed by atoms with Gasteiger partial charge in [-0.25, -0.2) is 0 Å². The minimum atomic E-state index is -0.939. The van der Waals surface area contributed by atoms with Crippen LogP contribution in [0.4, 0.5) is 0 Å². The van der Waals surface area contributed by atoms with Crippen LogP contribution in [-0.4, -0.2) is 47.1 Å². The molecule has 1 heterocycles. The standard InChI is InChI=1S/C13H24N2O3/c1-4-10(3)15(8-12(16)17)13(18)11-5-6-14-9(2)7-11/h9-11,14H,4-8H2,1-3H3,(H,16,17). The van der Waals surface area contributed by atoms with Gasteiger partial charge in [0.2, 0.25) is 5.91 Å². The van der Waals surface area contributed by atoms with Crippen LogP contribution in [0.15, 0.2) is 0 Å². The molecule has 0 saturated carbocycles. The largest absolute Gasteiger partial charge is 0.480 e. The van der Waals surface area contributed by atoms with Gasteiger partial charge in [0.1, 0.15) is 6.54 Å². The summed E-state index contributed by atoms with van der Waals surface area (Å²) in [5.41, 5.74) is 0. The number of aliphatic carboxylic acids is 1. The normalized spacial score (nSPS) is 25.5. The van der Waals surface area contributed by atoms with E-state index in [9.17, 15) is 9.59 Å². The SMILES string of the molecule is CCC(C)N(CC(=O)O)C(=O)C1CCNC(C)C1. The number of carbonyl (C=O) groups is 2. The first-order valence-electron chi connectivity index (χ1n) is 6.71. The van der Waals surface area contributed by atoms with Crippen molar-refractivity contribution >= 4 is 11.9 Å². The number of hydrogen-bond acceptors (Lipinski definition) is 3. The molecule has 0 aromatic rings. The first-order valence-corrected chi connectivity index (χ1v) is 6.71. The number of carbonyl (C=O) groups excluding carboxylic acids is 1. The number of nitrogens with one attached hydrogen (secondary N) is 1. The molecule has 1 fully saturated rings. The zero-order valence-electron chi connectivity index (χ0n) is 11.5. The molecule has 5 heteroatoms. The summed E-state index contributed by atoms with van der Waals surface area (Å²) in [5.74, 6) is -0.972. The van der Waals surface area contributed by atoms with Gasteiger partial charge in [0.15, 0.2) is 0 Å². The zero-order chi connectivity index (χ0) is 13.7. The van der Waals surface area contributed by atoms with Crippen LogP contribution in [0, 0.1) is 5.92 Å². The van der Waals surface area contributed by atoms with Crippen LogP contribution in [0.3, 0.4) is 0 Å². The molecule has 3 atom stereocenters. The van der Waals surface area contributed by atoms with E-state index in [2.05, 4.69) is 12.2 Å². The lowest BCUT2D eigenvalue weighted by Crippen LogP contribution is -2.48. The summed E-state index contributed by atoms with van der Waals surface area (Å²) in [6, 6.07) is 0.315. The molecule has 0 radical (unpaired) electrons. The third-order valence-electron chi connectivity index (χ3n) is 3.68. The molecule has 0 aromatic carbocycles. The van der Waals surface area contributed by atoms with E-state index in [-0.39, 0.29) is 24.4 Å². The highest BCUT2D eigenvalue weighted by molar-refractivity contribution is 5.83. The van der Waals surface area contributed by atoms with Gasteiger partial charge >= 0.3 is 5.97 Å². The fourth-order valence-electron chi connectivity index (χ4n) is 2.41. The average Bonchev–Trinajstić information content (AvgIpc) is 2.34. The molecule has 0 aromatic heterocycles. The number of carboxylic acids is 1. The Morgan fingerprint density at radius 1 is 1.50 bits per heavy atom. The predicted molar refractivity (Wildman–Crippen MR) is 69.3 cm³/mol. The Labute approximate surface area is 109 Å². The van der Waals surface area contributed by atoms with E-state index < -0.39 is 5.97 Å². The maximum absolute atomic E-state index is 12.4. The minimum absolute atomic E-state index is 0.0000926. The Kier molecular flexibility index (Phi) is 5.59. The number of carboxylic acid groups (broad SMARTS) is 1. The van der Waals surface area contributed by atoms with Gasteiger partial charge in [-0.15, -0.1) is 0 Å². The van der Waals surface area contributed by atoms with Crippen LogP contribution in [-0.2, 0) is 9.59 Å². The number of rotatable bonds is 5. The molecule has 0 bridgehead atoms. The molecule has 1 amide bonds. The lowest BCUT2D eigenvalue weighted by Gasteiger charge is -2.34. The molecule has 0 spiro atoms. The molecule has 0 aliphatic carbocycles. The van der Waals surface area contributed by atoms with Crippen molar-refractivity contribution in [3.8, 4) is 0 Å². The Morgan fingerprint density at radius 3 is 2.67 bits per heavy atom. The second kappa shape index (κ2) is 6.73. The first-order chi connectivity index (χ1) is 8.45. The zero-order valence-corrected chi connectivity index (χ0v) is 11.5. The third-order valence-corrected chi connectivity index (χ3v) is 3.68. The van der Waals surface area contributed by atoms with Crippen LogP contribution in [0.2, 0.25) is 0 Å². The summed E-state index contributed by atoms with van der Waals surface area (Å²) in [5, 5.41) is 12.2. The Hall–Kier alpha value is -1.10. The summed E-state index contributed by atoms with van der Waals surface area (Å²) in [7, 11) is 0. The van der Waals surface area contributed by atoms with E-state index >= 15 is 0 Å². The molecule has 2 N–H and O–H groups in total. The molecule has 1 rings (SSSR count). The molecule has 18 heavy (non-hydrogen) atoms. The molecule has 104 valence electrons. The number of piperidine rings is 1. The summed E-state index contributed by atoms with van der Waals surface area (Å²) in [4.78, 5) is 24.8. The van der Waals surface area contributed by atoms with Crippen LogP contribution < -0.4 is 5.32 Å². The smallest absolute Gasteiger partial charge is 0.323 e. The molecule has 5 nitrogen and oxygen atoms in total. The van der Waals surface area contributed by atoms with Crippen molar-refractivity contribution in [3.05, 3.63) is 0 Å². The monoisotopic (exact) mass is 256 g/mol. The Bertz CT molecular complexity index is 307. The highest BCUT2D eigenvalue weighted by atomic mass is 16.4. The van der Waals surface area contributed by atoms with Gasteiger partial charge in [-0.05, 0) is 39.7 Å². The van der Waals surface area contributed by atoms with Gasteiger partial charge in [-0.1, -0.05) is 6.92 Å². The van der Waals surface area contributed by atoms with Crippen molar-refractivity contribution in [3.63, 3.8) is 0 Å². The summed E-state index contributed by atoms with van der Waals surface area (Å²) in [6.07, 6.45) is 2.38. The molecule has 1 aliphatic heterocycles. The highest BCUT2D eigenvalue weighted by Crippen LogP contribution is 2.20. The molecular formula is C13H24N2O3. The lowest BCUT2D eigenvalue weighted by molar-refractivity contribution is -0.148. The van der Waals surface area contributed by atoms with Crippen molar-refractivity contribution in [1.29, 1.82) is 0 Å². The number of hydrogen-bond donors (Lipinski definition) is 2. The summed E-state index contributed by atoms with van der Waals surface area (Å²) in [6.45, 7) is 6.58. The van der Waals surface area contributed by atoms with Gasteiger partial charge in [0.05, 0.1) is 0 Å². The maximum Gasteiger partial charge on any atom is 0.323 e. The lowest BCUT2D eigenvalue weighted by atomic mass is 9.91. The van der Waals surface area contributed by atoms with Crippen LogP contribution >= 0.6 is 0 Å². The van der Waals surface area contributed by atoms with E-state index in [4.69, 9.17) is 5.11 Å². The van der Waals surface area contributed by atoms with E-state index in [1.807, 2.05) is 13.8 Å². The van der Waals surface area contributed by atoms with E-state index in [0.29, 0.717) is 6.04 Å². The van der Waals surface area contributed by atoms with Crippen LogP contribution in [0.1, 0.15) is 40.0 Å². The molecule has 1 aliphatic rings. The van der Waals surface area contributed by atoms with Crippen molar-refractivity contribution in [1.82, 2.24) is 10.2 Å². The van der Waals surface area contributed by atoms with E-state index in [0.717, 1.165) is 25.8 Å². The van der Waals surface area contributed by atoms with Gasteiger partial charge in [-0.3, -0.25) is 9.59 Å². The fraction of sp³-hybridized carbons (Fsp3) is 0.846. The van der Waals surface area contributed by atoms with Crippen LogP contribution in [0.5, 0.6) is 0 Å². The van der Waals surface area contributed by atoms with Crippen molar-refractivity contribution in [2.75, 3.05) is 13.1 Å². The Morgan fingerprint density at radius 2 is 2.17 bits per heavy atom. The molecule has 1 saturated heterocycles. The second-order valence-corrected chi connectivity index (χ2v) is 5.19. The number of amides is 1. The summed E-state index contributed by atoms with van der Waals surface area (Å²) < 4.78 is 0. The fourth-order valence-corrected chi connectivity index (χ4v) is 2.41. The second-order valence-electron chi connectivity index (χ2n) is 5.19. The highest BCUT2D eigenvalue weighted by Gasteiger charge is 2.31. The summed E-state index contributed by atoms with van der Waals surface area (Å²) >= 11 is 0. The molecule has 3 unspecified atom stereocenters. The Balaban J connectivity index is 2.71. The van der Waals surface area contributed by atoms with Gasteiger partial charge in [0.25, 0.3) is 0 Å². The minimum Gasteiger partial charge on any atom is -0.480 e. The maximum atomic E-state index is 12.4. The van der Waals surface area contributed by atoms with E-state index in [1.54, 1.807) is 0 Å². The van der Waals surface area contributed by atoms with Crippen molar-refractivity contribution in [2.24, 2.45) is 5.92 Å². The van der Waals surface area contributed by atoms with Gasteiger partial charge < -0.3 is 15.3 Å². The van der Waals surface area contributed by atoms with Crippen LogP contribution in [0.25, 0.3) is 0 Å². The average molecular weight is 256 g/mol. The predicted octanol–water partition coefficient (Wildman–Crippen LogP) is 1.09. The van der Waals surface area contributed by atoms with Gasteiger partial charge in [-0.2, -0.15) is 0 Å². The van der Waals surface area contributed by atoms with Crippen molar-refractivity contribution < 1.29 is 14.7 Å². The van der Waals surface area contributed by atoms with Gasteiger partial charge in [0, 0.05) is 18.0 Å². The first kappa shape index (κ1) is 15.0. The quantitative estimate of drug-likeness (QED) is 0.772. The van der Waals surface area contributed by atoms with Crippen molar-refractivity contribution in [2.45, 2.75) is 52.1 Å². The van der Waals surface area contributed by atoms with E-state index in [1.165, 1.54) is 4.90 Å². The third kappa shape index (κ3) is 3.98. The number of nitrogens with zero attached hydrogens (tertiary/aromatic N) is 1. The topological polar surface area (TPSA) is 69.6 Å².